The minimum Gasteiger partial charge on any atom is -0.356 e. The molecule has 0 bridgehead atoms. The zero-order valence-electron chi connectivity index (χ0n) is 13.5. The molecule has 8 heteroatoms. The van der Waals surface area contributed by atoms with Gasteiger partial charge in [-0.15, -0.1) is 5.10 Å². The van der Waals surface area contributed by atoms with Crippen molar-refractivity contribution in [3.8, 4) is 0 Å². The van der Waals surface area contributed by atoms with E-state index in [0.717, 1.165) is 16.5 Å². The molecule has 0 spiro atoms. The van der Waals surface area contributed by atoms with Crippen LogP contribution in [0.3, 0.4) is 0 Å². The molecular formula is C16H20BrN5O2. The SMILES string of the molecule is CCCNC(=O)CCC(=O)Nc1ncn(Cc2cccc(Br)c2)n1. The van der Waals surface area contributed by atoms with Crippen molar-refractivity contribution in [2.24, 2.45) is 0 Å². The van der Waals surface area contributed by atoms with E-state index < -0.39 is 0 Å². The van der Waals surface area contributed by atoms with Crippen LogP contribution >= 0.6 is 15.9 Å². The molecule has 0 aliphatic carbocycles. The van der Waals surface area contributed by atoms with Crippen LogP contribution in [-0.2, 0) is 16.1 Å². The average molecular weight is 394 g/mol. The maximum atomic E-state index is 11.8. The maximum Gasteiger partial charge on any atom is 0.248 e. The average Bonchev–Trinajstić information content (AvgIpc) is 2.97. The van der Waals surface area contributed by atoms with Crippen LogP contribution in [0.5, 0.6) is 0 Å². The van der Waals surface area contributed by atoms with Gasteiger partial charge in [0, 0.05) is 23.9 Å². The number of nitrogens with zero attached hydrogens (tertiary/aromatic N) is 3. The second-order valence-corrected chi connectivity index (χ2v) is 6.21. The van der Waals surface area contributed by atoms with Crippen molar-refractivity contribution >= 4 is 33.7 Å². The highest BCUT2D eigenvalue weighted by molar-refractivity contribution is 9.10. The number of anilines is 1. The minimum absolute atomic E-state index is 0.107. The molecular weight excluding hydrogens is 374 g/mol. The van der Waals surface area contributed by atoms with Crippen molar-refractivity contribution in [2.45, 2.75) is 32.7 Å². The van der Waals surface area contributed by atoms with E-state index in [9.17, 15) is 9.59 Å². The van der Waals surface area contributed by atoms with Crippen molar-refractivity contribution in [1.29, 1.82) is 0 Å². The van der Waals surface area contributed by atoms with E-state index in [1.165, 1.54) is 0 Å². The van der Waals surface area contributed by atoms with E-state index in [4.69, 9.17) is 0 Å². The highest BCUT2D eigenvalue weighted by atomic mass is 79.9. The van der Waals surface area contributed by atoms with Crippen molar-refractivity contribution in [1.82, 2.24) is 20.1 Å². The third-order valence-electron chi connectivity index (χ3n) is 3.17. The summed E-state index contributed by atoms with van der Waals surface area (Å²) < 4.78 is 2.64. The van der Waals surface area contributed by atoms with Crippen LogP contribution in [-0.4, -0.2) is 33.1 Å². The molecule has 1 aromatic heterocycles. The smallest absolute Gasteiger partial charge is 0.248 e. The molecule has 0 unspecified atom stereocenters. The van der Waals surface area contributed by atoms with Crippen molar-refractivity contribution in [3.63, 3.8) is 0 Å². The van der Waals surface area contributed by atoms with Crippen LogP contribution in [0.2, 0.25) is 0 Å². The van der Waals surface area contributed by atoms with Gasteiger partial charge >= 0.3 is 0 Å². The first-order chi connectivity index (χ1) is 11.6. The quantitative estimate of drug-likeness (QED) is 0.719. The Morgan fingerprint density at radius 2 is 2.04 bits per heavy atom. The van der Waals surface area contributed by atoms with E-state index in [0.29, 0.717) is 13.1 Å². The zero-order valence-corrected chi connectivity index (χ0v) is 15.0. The lowest BCUT2D eigenvalue weighted by atomic mass is 10.2. The van der Waals surface area contributed by atoms with Gasteiger partial charge in [-0.2, -0.15) is 0 Å². The fraction of sp³-hybridized carbons (Fsp3) is 0.375. The second-order valence-electron chi connectivity index (χ2n) is 5.29. The van der Waals surface area contributed by atoms with E-state index in [2.05, 4.69) is 36.6 Å². The van der Waals surface area contributed by atoms with Crippen LogP contribution in [0, 0.1) is 0 Å². The number of rotatable bonds is 8. The first kappa shape index (κ1) is 18.1. The number of aromatic nitrogens is 3. The number of hydrogen-bond acceptors (Lipinski definition) is 4. The van der Waals surface area contributed by atoms with Gasteiger partial charge in [0.25, 0.3) is 0 Å². The van der Waals surface area contributed by atoms with Crippen molar-refractivity contribution < 1.29 is 9.59 Å². The zero-order chi connectivity index (χ0) is 17.4. The molecule has 2 aromatic rings. The predicted molar refractivity (Wildman–Crippen MR) is 94.4 cm³/mol. The molecule has 2 amide bonds. The summed E-state index contributed by atoms with van der Waals surface area (Å²) in [5.41, 5.74) is 1.07. The minimum atomic E-state index is -0.276. The molecule has 2 rings (SSSR count). The van der Waals surface area contributed by atoms with Crippen molar-refractivity contribution in [3.05, 3.63) is 40.6 Å². The molecule has 2 N–H and O–H groups in total. The lowest BCUT2D eigenvalue weighted by molar-refractivity contribution is -0.124. The number of hydrogen-bond donors (Lipinski definition) is 2. The summed E-state index contributed by atoms with van der Waals surface area (Å²) in [7, 11) is 0. The van der Waals surface area contributed by atoms with Crippen molar-refractivity contribution in [2.75, 3.05) is 11.9 Å². The first-order valence-corrected chi connectivity index (χ1v) is 8.56. The third-order valence-corrected chi connectivity index (χ3v) is 3.67. The highest BCUT2D eigenvalue weighted by Crippen LogP contribution is 2.12. The lowest BCUT2D eigenvalue weighted by Crippen LogP contribution is -2.25. The standard InChI is InChI=1S/C16H20BrN5O2/c1-2-8-18-14(23)6-7-15(24)20-16-19-11-22(21-16)10-12-4-3-5-13(17)9-12/h3-5,9,11H,2,6-8,10H2,1H3,(H,18,23)(H,20,21,24). The summed E-state index contributed by atoms with van der Waals surface area (Å²) in [6.07, 6.45) is 2.70. The maximum absolute atomic E-state index is 11.8. The van der Waals surface area contributed by atoms with Gasteiger partial charge in [0.15, 0.2) is 0 Å². The van der Waals surface area contributed by atoms with Gasteiger partial charge in [0.2, 0.25) is 17.8 Å². The molecule has 1 heterocycles. The number of carbonyl (C=O) groups is 2. The summed E-state index contributed by atoms with van der Waals surface area (Å²) in [4.78, 5) is 27.3. The molecule has 1 aromatic carbocycles. The number of benzene rings is 1. The first-order valence-electron chi connectivity index (χ1n) is 7.77. The van der Waals surface area contributed by atoms with Gasteiger partial charge in [-0.1, -0.05) is 35.0 Å². The van der Waals surface area contributed by atoms with Crippen LogP contribution in [0.15, 0.2) is 35.1 Å². The Morgan fingerprint density at radius 1 is 1.25 bits per heavy atom. The Hall–Kier alpha value is -2.22. The molecule has 128 valence electrons. The second kappa shape index (κ2) is 9.17. The van der Waals surface area contributed by atoms with Crippen LogP contribution < -0.4 is 10.6 Å². The Kier molecular flexibility index (Phi) is 6.92. The normalized spacial score (nSPS) is 10.4. The molecule has 0 saturated heterocycles. The number of amides is 2. The lowest BCUT2D eigenvalue weighted by Gasteiger charge is -2.03. The molecule has 7 nitrogen and oxygen atoms in total. The third kappa shape index (κ3) is 6.11. The van der Waals surface area contributed by atoms with Gasteiger partial charge in [-0.25, -0.2) is 9.67 Å². The van der Waals surface area contributed by atoms with Gasteiger partial charge in [-0.3, -0.25) is 14.9 Å². The largest absolute Gasteiger partial charge is 0.356 e. The van der Waals surface area contributed by atoms with E-state index in [1.807, 2.05) is 31.2 Å². The van der Waals surface area contributed by atoms with Crippen LogP contribution in [0.1, 0.15) is 31.7 Å². The molecule has 0 saturated carbocycles. The van der Waals surface area contributed by atoms with Gasteiger partial charge < -0.3 is 5.32 Å². The molecule has 0 fully saturated rings. The Morgan fingerprint density at radius 3 is 2.79 bits per heavy atom. The Balaban J connectivity index is 1.80. The van der Waals surface area contributed by atoms with Gasteiger partial charge in [-0.05, 0) is 24.1 Å². The monoisotopic (exact) mass is 393 g/mol. The van der Waals surface area contributed by atoms with E-state index >= 15 is 0 Å². The van der Waals surface area contributed by atoms with E-state index in [-0.39, 0.29) is 30.6 Å². The molecule has 0 aliphatic rings. The number of carbonyl (C=O) groups excluding carboxylic acids is 2. The molecule has 24 heavy (non-hydrogen) atoms. The van der Waals surface area contributed by atoms with E-state index in [1.54, 1.807) is 11.0 Å². The summed E-state index contributed by atoms with van der Waals surface area (Å²) in [5.74, 6) is -0.161. The number of nitrogens with one attached hydrogen (secondary N) is 2. The van der Waals surface area contributed by atoms with Crippen LogP contribution in [0.4, 0.5) is 5.95 Å². The number of halogens is 1. The topological polar surface area (TPSA) is 88.9 Å². The molecule has 0 aliphatic heterocycles. The predicted octanol–water partition coefficient (Wildman–Crippen LogP) is 2.33. The summed E-state index contributed by atoms with van der Waals surface area (Å²) in [6.45, 7) is 3.16. The van der Waals surface area contributed by atoms with Crippen LogP contribution in [0.25, 0.3) is 0 Å². The molecule has 0 radical (unpaired) electrons. The van der Waals surface area contributed by atoms with Gasteiger partial charge in [0.05, 0.1) is 6.54 Å². The Bertz CT molecular complexity index is 701. The summed E-state index contributed by atoms with van der Waals surface area (Å²) in [5, 5.41) is 9.54. The Labute approximate surface area is 149 Å². The fourth-order valence-electron chi connectivity index (χ4n) is 2.02. The summed E-state index contributed by atoms with van der Waals surface area (Å²) >= 11 is 3.42. The fourth-order valence-corrected chi connectivity index (χ4v) is 2.46. The highest BCUT2D eigenvalue weighted by Gasteiger charge is 2.09. The summed E-state index contributed by atoms with van der Waals surface area (Å²) in [6, 6.07) is 7.88. The molecule has 0 atom stereocenters. The van der Waals surface area contributed by atoms with Gasteiger partial charge in [0.1, 0.15) is 6.33 Å².